The van der Waals surface area contributed by atoms with Crippen LogP contribution in [0.15, 0.2) is 46.0 Å². The summed E-state index contributed by atoms with van der Waals surface area (Å²) in [6.07, 6.45) is 0.0408. The van der Waals surface area contributed by atoms with Gasteiger partial charge in [0, 0.05) is 27.9 Å². The van der Waals surface area contributed by atoms with Crippen molar-refractivity contribution in [1.29, 1.82) is 0 Å². The van der Waals surface area contributed by atoms with Crippen molar-refractivity contribution < 1.29 is 9.59 Å². The van der Waals surface area contributed by atoms with E-state index in [1.807, 2.05) is 13.0 Å². The third-order valence-corrected chi connectivity index (χ3v) is 6.89. The van der Waals surface area contributed by atoms with Crippen LogP contribution in [-0.2, 0) is 23.1 Å². The van der Waals surface area contributed by atoms with Gasteiger partial charge in [0.15, 0.2) is 5.16 Å². The Bertz CT molecular complexity index is 1140. The normalized spacial score (nSPS) is 10.7. The highest BCUT2D eigenvalue weighted by Crippen LogP contribution is 2.26. The van der Waals surface area contributed by atoms with Gasteiger partial charge in [0.1, 0.15) is 5.82 Å². The topological polar surface area (TPSA) is 88.9 Å². The first-order valence-corrected chi connectivity index (χ1v) is 11.6. The number of aromatic nitrogens is 3. The molecule has 2 amide bonds. The zero-order valence-corrected chi connectivity index (χ0v) is 20.5. The average molecular weight is 543 g/mol. The van der Waals surface area contributed by atoms with Gasteiger partial charge in [-0.3, -0.25) is 9.59 Å². The molecule has 0 bridgehead atoms. The number of halogens is 3. The summed E-state index contributed by atoms with van der Waals surface area (Å²) in [6, 6.07) is 10.5. The molecule has 0 saturated heterocycles. The summed E-state index contributed by atoms with van der Waals surface area (Å²) < 4.78 is 2.44. The number of hydrogen-bond acceptors (Lipinski definition) is 5. The monoisotopic (exact) mass is 541 g/mol. The minimum atomic E-state index is -0.239. The molecule has 0 aliphatic carbocycles. The maximum absolute atomic E-state index is 12.3. The van der Waals surface area contributed by atoms with Crippen LogP contribution in [0.3, 0.4) is 0 Å². The minimum Gasteiger partial charge on any atom is -0.326 e. The first-order chi connectivity index (χ1) is 14.7. The van der Waals surface area contributed by atoms with Crippen molar-refractivity contribution in [2.24, 2.45) is 7.05 Å². The van der Waals surface area contributed by atoms with Crippen molar-refractivity contribution in [3.05, 3.63) is 62.3 Å². The van der Waals surface area contributed by atoms with Crippen LogP contribution >= 0.6 is 50.9 Å². The lowest BCUT2D eigenvalue weighted by Gasteiger charge is -2.08. The van der Waals surface area contributed by atoms with E-state index in [-0.39, 0.29) is 24.0 Å². The molecule has 162 valence electrons. The molecule has 0 aliphatic heterocycles. The van der Waals surface area contributed by atoms with Gasteiger partial charge in [-0.05, 0) is 58.7 Å². The third kappa shape index (κ3) is 6.46. The smallest absolute Gasteiger partial charge is 0.234 e. The standard InChI is InChI=1S/C20H18BrCl2N5O2S/c1-11-3-4-12(7-15(11)22)24-18(29)9-17-26-27-20(28(17)2)31-10-19(30)25-13-5-6-14(21)16(23)8-13/h3-8H,9-10H2,1-2H3,(H,24,29)(H,25,30). The van der Waals surface area contributed by atoms with Crippen LogP contribution in [0.5, 0.6) is 0 Å². The highest BCUT2D eigenvalue weighted by atomic mass is 79.9. The fourth-order valence-electron chi connectivity index (χ4n) is 2.55. The molecule has 1 aromatic heterocycles. The highest BCUT2D eigenvalue weighted by Gasteiger charge is 2.15. The zero-order valence-electron chi connectivity index (χ0n) is 16.6. The molecule has 11 heteroatoms. The van der Waals surface area contributed by atoms with E-state index in [2.05, 4.69) is 36.8 Å². The van der Waals surface area contributed by atoms with E-state index in [9.17, 15) is 9.59 Å². The number of nitrogens with zero attached hydrogens (tertiary/aromatic N) is 3. The van der Waals surface area contributed by atoms with E-state index in [1.165, 1.54) is 11.8 Å². The lowest BCUT2D eigenvalue weighted by molar-refractivity contribution is -0.116. The molecule has 2 N–H and O–H groups in total. The van der Waals surface area contributed by atoms with Crippen LogP contribution in [0.1, 0.15) is 11.4 Å². The van der Waals surface area contributed by atoms with Gasteiger partial charge in [0.25, 0.3) is 0 Å². The predicted octanol–water partition coefficient (Wildman–Crippen LogP) is 5.10. The van der Waals surface area contributed by atoms with Crippen molar-refractivity contribution in [3.63, 3.8) is 0 Å². The number of carbonyl (C=O) groups excluding carboxylic acids is 2. The fourth-order valence-corrected chi connectivity index (χ4v) is 3.88. The van der Waals surface area contributed by atoms with Crippen molar-refractivity contribution >= 4 is 74.1 Å². The van der Waals surface area contributed by atoms with Gasteiger partial charge in [-0.1, -0.05) is 41.0 Å². The van der Waals surface area contributed by atoms with Crippen molar-refractivity contribution in [1.82, 2.24) is 14.8 Å². The van der Waals surface area contributed by atoms with Crippen LogP contribution in [0, 0.1) is 6.92 Å². The molecule has 7 nitrogen and oxygen atoms in total. The first-order valence-electron chi connectivity index (χ1n) is 9.05. The number of nitrogens with one attached hydrogen (secondary N) is 2. The Labute approximate surface area is 202 Å². The van der Waals surface area contributed by atoms with E-state index in [0.29, 0.717) is 32.4 Å². The van der Waals surface area contributed by atoms with Crippen molar-refractivity contribution in [2.45, 2.75) is 18.5 Å². The van der Waals surface area contributed by atoms with E-state index in [0.717, 1.165) is 10.0 Å². The van der Waals surface area contributed by atoms with Crippen LogP contribution in [0.25, 0.3) is 0 Å². The number of hydrogen-bond donors (Lipinski definition) is 2. The van der Waals surface area contributed by atoms with Crippen molar-refractivity contribution in [2.75, 3.05) is 16.4 Å². The van der Waals surface area contributed by atoms with E-state index in [1.54, 1.807) is 41.9 Å². The molecule has 0 spiro atoms. The largest absolute Gasteiger partial charge is 0.326 e. The lowest BCUT2D eigenvalue weighted by Crippen LogP contribution is -2.17. The third-order valence-electron chi connectivity index (χ3n) is 4.24. The summed E-state index contributed by atoms with van der Waals surface area (Å²) in [5.41, 5.74) is 2.15. The predicted molar refractivity (Wildman–Crippen MR) is 128 cm³/mol. The molecular formula is C20H18BrCl2N5O2S. The lowest BCUT2D eigenvalue weighted by atomic mass is 10.2. The summed E-state index contributed by atoms with van der Waals surface area (Å²) >= 11 is 16.7. The minimum absolute atomic E-state index is 0.0408. The van der Waals surface area contributed by atoms with Gasteiger partial charge in [0.2, 0.25) is 11.8 Å². The molecule has 3 aromatic rings. The Morgan fingerprint density at radius 2 is 1.68 bits per heavy atom. The van der Waals surface area contributed by atoms with Crippen LogP contribution in [0.4, 0.5) is 11.4 Å². The maximum atomic E-state index is 12.3. The van der Waals surface area contributed by atoms with E-state index >= 15 is 0 Å². The number of amides is 2. The molecule has 3 rings (SSSR count). The van der Waals surface area contributed by atoms with Crippen LogP contribution in [0.2, 0.25) is 10.0 Å². The number of thioether (sulfide) groups is 1. The molecule has 2 aromatic carbocycles. The summed E-state index contributed by atoms with van der Waals surface area (Å²) in [7, 11) is 1.75. The second-order valence-electron chi connectivity index (χ2n) is 6.61. The number of benzene rings is 2. The number of aryl methyl sites for hydroxylation is 1. The second kappa shape index (κ2) is 10.5. The van der Waals surface area contributed by atoms with Crippen molar-refractivity contribution in [3.8, 4) is 0 Å². The summed E-state index contributed by atoms with van der Waals surface area (Å²) in [5.74, 6) is 0.172. The molecule has 0 fully saturated rings. The van der Waals surface area contributed by atoms with Gasteiger partial charge >= 0.3 is 0 Å². The molecular weight excluding hydrogens is 525 g/mol. The summed E-state index contributed by atoms with van der Waals surface area (Å²) in [5, 5.41) is 15.3. The van der Waals surface area contributed by atoms with Gasteiger partial charge in [0.05, 0.1) is 17.2 Å². The molecule has 0 radical (unpaired) electrons. The molecule has 0 aliphatic rings. The van der Waals surface area contributed by atoms with Gasteiger partial charge < -0.3 is 15.2 Å². The number of anilines is 2. The second-order valence-corrected chi connectivity index (χ2v) is 9.22. The zero-order chi connectivity index (χ0) is 22.5. The van der Waals surface area contributed by atoms with Crippen LogP contribution < -0.4 is 10.6 Å². The summed E-state index contributed by atoms with van der Waals surface area (Å²) in [6.45, 7) is 1.89. The van der Waals surface area contributed by atoms with Crippen LogP contribution in [-0.4, -0.2) is 32.3 Å². The summed E-state index contributed by atoms with van der Waals surface area (Å²) in [4.78, 5) is 24.6. The molecule has 31 heavy (non-hydrogen) atoms. The Hall–Kier alpha value is -2.07. The molecule has 0 atom stereocenters. The molecule has 1 heterocycles. The Kier molecular flexibility index (Phi) is 7.99. The Morgan fingerprint density at radius 1 is 1.03 bits per heavy atom. The van der Waals surface area contributed by atoms with E-state index in [4.69, 9.17) is 23.2 Å². The number of rotatable bonds is 7. The average Bonchev–Trinajstić information content (AvgIpc) is 3.05. The first kappa shape index (κ1) is 23.6. The fraction of sp³-hybridized carbons (Fsp3) is 0.200. The maximum Gasteiger partial charge on any atom is 0.234 e. The van der Waals surface area contributed by atoms with Gasteiger partial charge in [-0.15, -0.1) is 10.2 Å². The van der Waals surface area contributed by atoms with E-state index < -0.39 is 0 Å². The number of carbonyl (C=O) groups is 2. The molecule has 0 unspecified atom stereocenters. The van der Waals surface area contributed by atoms with Gasteiger partial charge in [-0.2, -0.15) is 0 Å². The Morgan fingerprint density at radius 3 is 2.35 bits per heavy atom. The Balaban J connectivity index is 1.54. The molecule has 0 saturated carbocycles. The quantitative estimate of drug-likeness (QED) is 0.405. The highest BCUT2D eigenvalue weighted by molar-refractivity contribution is 9.10. The van der Waals surface area contributed by atoms with Gasteiger partial charge in [-0.25, -0.2) is 0 Å². The SMILES string of the molecule is Cc1ccc(NC(=O)Cc2nnc(SCC(=O)Nc3ccc(Br)c(Cl)c3)n2C)cc1Cl.